The zero-order chi connectivity index (χ0) is 28.2. The Balaban J connectivity index is 1.31. The number of aldehydes is 1. The number of carbonyl (C=O) groups excluding carboxylic acids is 2. The van der Waals surface area contributed by atoms with Crippen molar-refractivity contribution >= 4 is 34.7 Å². The van der Waals surface area contributed by atoms with Gasteiger partial charge in [-0.05, 0) is 56.4 Å². The summed E-state index contributed by atoms with van der Waals surface area (Å²) in [4.78, 5) is 34.8. The average molecular weight is 541 g/mol. The smallest absolute Gasteiger partial charge is 0.320 e. The molecule has 0 saturated carbocycles. The number of nitriles is 1. The van der Waals surface area contributed by atoms with Crippen molar-refractivity contribution in [2.75, 3.05) is 49.5 Å². The quantitative estimate of drug-likeness (QED) is 0.466. The number of aryl methyl sites for hydroxylation is 1. The van der Waals surface area contributed by atoms with Crippen molar-refractivity contribution in [2.45, 2.75) is 46.1 Å². The van der Waals surface area contributed by atoms with E-state index in [-0.39, 0.29) is 18.0 Å². The lowest BCUT2D eigenvalue weighted by Crippen LogP contribution is -2.54. The minimum atomic E-state index is -0.0402. The van der Waals surface area contributed by atoms with Gasteiger partial charge in [0.15, 0.2) is 5.82 Å². The summed E-state index contributed by atoms with van der Waals surface area (Å²) in [7, 11) is 0. The van der Waals surface area contributed by atoms with E-state index >= 15 is 0 Å². The van der Waals surface area contributed by atoms with Gasteiger partial charge in [0.05, 0.1) is 24.2 Å². The number of piperazine rings is 1. The van der Waals surface area contributed by atoms with Crippen molar-refractivity contribution in [1.82, 2.24) is 25.0 Å². The molecule has 2 saturated heterocycles. The third-order valence-corrected chi connectivity index (χ3v) is 8.29. The Bertz CT molecular complexity index is 1440. The Kier molecular flexibility index (Phi) is 8.10. The molecule has 1 N–H and O–H groups in total. The van der Waals surface area contributed by atoms with Gasteiger partial charge < -0.3 is 24.8 Å². The molecule has 40 heavy (non-hydrogen) atoms. The van der Waals surface area contributed by atoms with E-state index in [0.717, 1.165) is 58.1 Å². The van der Waals surface area contributed by atoms with E-state index in [4.69, 9.17) is 4.98 Å². The number of urea groups is 1. The van der Waals surface area contributed by atoms with E-state index in [1.54, 1.807) is 0 Å². The molecule has 0 unspecified atom stereocenters. The zero-order valence-corrected chi connectivity index (χ0v) is 23.4. The molecule has 1 atom stereocenters. The molecule has 4 heterocycles. The van der Waals surface area contributed by atoms with E-state index < -0.39 is 0 Å². The molecule has 2 amide bonds. The first kappa shape index (κ1) is 27.3. The Morgan fingerprint density at radius 1 is 1.10 bits per heavy atom. The third-order valence-electron chi connectivity index (χ3n) is 8.29. The van der Waals surface area contributed by atoms with E-state index in [9.17, 15) is 14.9 Å². The van der Waals surface area contributed by atoms with Crippen molar-refractivity contribution < 1.29 is 9.59 Å². The number of amides is 2. The van der Waals surface area contributed by atoms with Crippen molar-refractivity contribution in [1.29, 1.82) is 5.26 Å². The van der Waals surface area contributed by atoms with Crippen LogP contribution in [-0.4, -0.2) is 76.6 Å². The standard InChI is InChI=1S/C30H36N8O2/c1-20-24(7-10-31)5-4-6-25(20)21(2)33-29-26-17-28(32-18-27(26)22(3)34-35-29)36-13-15-38(16-14-36)30(40)37-11-8-23(19-39)9-12-37/h4-6,17-19,21,23H,7-9,11-16H2,1-3H3,(H,33,35)/t21-/m1/s1. The third kappa shape index (κ3) is 5.55. The van der Waals surface area contributed by atoms with Gasteiger partial charge >= 0.3 is 6.03 Å². The number of rotatable bonds is 6. The van der Waals surface area contributed by atoms with E-state index in [0.29, 0.717) is 51.5 Å². The fourth-order valence-electron chi connectivity index (χ4n) is 5.73. The molecular formula is C30H36N8O2. The number of aromatic nitrogens is 3. The number of carbonyl (C=O) groups is 2. The van der Waals surface area contributed by atoms with Gasteiger partial charge in [0.25, 0.3) is 0 Å². The van der Waals surface area contributed by atoms with Crippen LogP contribution in [0.1, 0.15) is 48.2 Å². The molecular weight excluding hydrogens is 504 g/mol. The topological polar surface area (TPSA) is 118 Å². The van der Waals surface area contributed by atoms with Gasteiger partial charge in [0, 0.05) is 62.2 Å². The summed E-state index contributed by atoms with van der Waals surface area (Å²) < 4.78 is 0. The summed E-state index contributed by atoms with van der Waals surface area (Å²) in [5.74, 6) is 1.62. The number of hydrogen-bond donors (Lipinski definition) is 1. The maximum absolute atomic E-state index is 13.0. The van der Waals surface area contributed by atoms with Gasteiger partial charge in [-0.3, -0.25) is 0 Å². The van der Waals surface area contributed by atoms with Crippen LogP contribution in [0.2, 0.25) is 0 Å². The van der Waals surface area contributed by atoms with Gasteiger partial charge in [-0.25, -0.2) is 9.78 Å². The average Bonchev–Trinajstić information content (AvgIpc) is 2.99. The van der Waals surface area contributed by atoms with Crippen molar-refractivity contribution in [2.24, 2.45) is 5.92 Å². The molecule has 1 aromatic carbocycles. The molecule has 3 aromatic rings. The fraction of sp³-hybridized carbons (Fsp3) is 0.467. The number of nitrogens with zero attached hydrogens (tertiary/aromatic N) is 7. The predicted molar refractivity (Wildman–Crippen MR) is 154 cm³/mol. The van der Waals surface area contributed by atoms with Gasteiger partial charge in [-0.1, -0.05) is 18.2 Å². The second kappa shape index (κ2) is 11.9. The number of nitrogens with one attached hydrogen (secondary N) is 1. The first-order chi connectivity index (χ1) is 19.4. The first-order valence-electron chi connectivity index (χ1n) is 14.0. The molecule has 2 aromatic heterocycles. The Labute approximate surface area is 235 Å². The molecule has 0 bridgehead atoms. The second-order valence-corrected chi connectivity index (χ2v) is 10.8. The monoisotopic (exact) mass is 540 g/mol. The summed E-state index contributed by atoms with van der Waals surface area (Å²) >= 11 is 0. The minimum absolute atomic E-state index is 0.0402. The van der Waals surface area contributed by atoms with Crippen LogP contribution >= 0.6 is 0 Å². The van der Waals surface area contributed by atoms with Crippen LogP contribution in [0.25, 0.3) is 10.8 Å². The number of benzene rings is 1. The fourth-order valence-corrected chi connectivity index (χ4v) is 5.73. The molecule has 10 heteroatoms. The van der Waals surface area contributed by atoms with Gasteiger partial charge in [0.2, 0.25) is 0 Å². The summed E-state index contributed by atoms with van der Waals surface area (Å²) in [6.07, 6.45) is 4.75. The van der Waals surface area contributed by atoms with Crippen LogP contribution in [0.5, 0.6) is 0 Å². The second-order valence-electron chi connectivity index (χ2n) is 10.8. The lowest BCUT2D eigenvalue weighted by Gasteiger charge is -2.39. The highest BCUT2D eigenvalue weighted by Crippen LogP contribution is 2.30. The number of likely N-dealkylation sites (tertiary alicyclic amines) is 1. The molecule has 0 aliphatic carbocycles. The molecule has 2 aliphatic rings. The lowest BCUT2D eigenvalue weighted by atomic mass is 9.96. The molecule has 2 aliphatic heterocycles. The number of anilines is 2. The Morgan fingerprint density at radius 2 is 1.82 bits per heavy atom. The number of fused-ring (bicyclic) bond motifs is 1. The van der Waals surface area contributed by atoms with Gasteiger partial charge in [0.1, 0.15) is 12.1 Å². The summed E-state index contributed by atoms with van der Waals surface area (Å²) in [6, 6.07) is 10.4. The lowest BCUT2D eigenvalue weighted by molar-refractivity contribution is -0.112. The summed E-state index contributed by atoms with van der Waals surface area (Å²) in [5.41, 5.74) is 4.07. The number of piperidine rings is 1. The summed E-state index contributed by atoms with van der Waals surface area (Å²) in [6.45, 7) is 10.00. The van der Waals surface area contributed by atoms with Crippen molar-refractivity contribution in [3.63, 3.8) is 0 Å². The Morgan fingerprint density at radius 3 is 2.52 bits per heavy atom. The van der Waals surface area contributed by atoms with Crippen LogP contribution < -0.4 is 10.2 Å². The molecule has 2 fully saturated rings. The van der Waals surface area contributed by atoms with Crippen molar-refractivity contribution in [3.05, 3.63) is 52.8 Å². The SMILES string of the molecule is Cc1c(CC#N)cccc1[C@@H](C)Nc1nnc(C)c2cnc(N3CCN(C(=O)N4CCC(C=O)CC4)CC3)cc12. The highest BCUT2D eigenvalue weighted by atomic mass is 16.2. The maximum Gasteiger partial charge on any atom is 0.320 e. The molecule has 0 radical (unpaired) electrons. The highest BCUT2D eigenvalue weighted by molar-refractivity contribution is 5.94. The van der Waals surface area contributed by atoms with Crippen LogP contribution in [0.15, 0.2) is 30.5 Å². The number of pyridine rings is 1. The van der Waals surface area contributed by atoms with Crippen LogP contribution in [0.3, 0.4) is 0 Å². The molecule has 10 nitrogen and oxygen atoms in total. The predicted octanol–water partition coefficient (Wildman–Crippen LogP) is 4.03. The first-order valence-corrected chi connectivity index (χ1v) is 14.0. The highest BCUT2D eigenvalue weighted by Gasteiger charge is 2.29. The maximum atomic E-state index is 13.0. The molecule has 208 valence electrons. The van der Waals surface area contributed by atoms with E-state index in [1.807, 2.05) is 35.1 Å². The van der Waals surface area contributed by atoms with Gasteiger partial charge in [-0.2, -0.15) is 10.4 Å². The van der Waals surface area contributed by atoms with E-state index in [1.165, 1.54) is 0 Å². The summed E-state index contributed by atoms with van der Waals surface area (Å²) in [5, 5.41) is 23.5. The van der Waals surface area contributed by atoms with Crippen LogP contribution in [-0.2, 0) is 11.2 Å². The largest absolute Gasteiger partial charge is 0.362 e. The zero-order valence-electron chi connectivity index (χ0n) is 23.4. The van der Waals surface area contributed by atoms with Crippen LogP contribution in [0.4, 0.5) is 16.4 Å². The van der Waals surface area contributed by atoms with Gasteiger partial charge in [-0.15, -0.1) is 5.10 Å². The molecule has 0 spiro atoms. The normalized spacial score (nSPS) is 17.0. The van der Waals surface area contributed by atoms with Crippen LogP contribution in [0, 0.1) is 31.1 Å². The minimum Gasteiger partial charge on any atom is -0.362 e. The number of hydrogen-bond acceptors (Lipinski definition) is 8. The van der Waals surface area contributed by atoms with Crippen molar-refractivity contribution in [3.8, 4) is 6.07 Å². The Hall–Kier alpha value is -4.26. The molecule has 5 rings (SSSR count). The van der Waals surface area contributed by atoms with E-state index in [2.05, 4.69) is 52.5 Å².